The molecular formula is C17H12Cl2N4O5. The Morgan fingerprint density at radius 3 is 2.61 bits per heavy atom. The minimum atomic E-state index is -0.838. The molecule has 1 aliphatic rings. The Morgan fingerprint density at radius 2 is 1.93 bits per heavy atom. The molecule has 1 saturated heterocycles. The van der Waals surface area contributed by atoms with Gasteiger partial charge in [0.2, 0.25) is 5.95 Å². The van der Waals surface area contributed by atoms with Crippen LogP contribution in [0.1, 0.15) is 11.9 Å². The van der Waals surface area contributed by atoms with Crippen LogP contribution in [0.5, 0.6) is 0 Å². The molecule has 2 heterocycles. The van der Waals surface area contributed by atoms with Crippen molar-refractivity contribution in [3.63, 3.8) is 0 Å². The van der Waals surface area contributed by atoms with Crippen LogP contribution < -0.4 is 10.9 Å². The molecule has 9 nitrogen and oxygen atoms in total. The van der Waals surface area contributed by atoms with Crippen LogP contribution in [0, 0.1) is 10.1 Å². The summed E-state index contributed by atoms with van der Waals surface area (Å²) in [6, 6.07) is 7.31. The molecule has 0 amide bonds. The van der Waals surface area contributed by atoms with Gasteiger partial charge in [-0.25, -0.2) is 4.98 Å². The van der Waals surface area contributed by atoms with E-state index in [-0.39, 0.29) is 22.5 Å². The van der Waals surface area contributed by atoms with Gasteiger partial charge in [0.25, 0.3) is 11.2 Å². The average molecular weight is 423 g/mol. The van der Waals surface area contributed by atoms with E-state index in [0.717, 1.165) is 0 Å². The first-order valence-electron chi connectivity index (χ1n) is 8.10. The molecule has 3 aromatic rings. The number of ether oxygens (including phenoxy) is 2. The van der Waals surface area contributed by atoms with Crippen molar-refractivity contribution in [2.24, 2.45) is 0 Å². The maximum Gasteiger partial charge on any atom is 0.270 e. The molecule has 0 bridgehead atoms. The van der Waals surface area contributed by atoms with Crippen LogP contribution in [-0.2, 0) is 9.47 Å². The van der Waals surface area contributed by atoms with Crippen LogP contribution in [-0.4, -0.2) is 28.1 Å². The lowest BCUT2D eigenvalue weighted by Gasteiger charge is -2.13. The van der Waals surface area contributed by atoms with Crippen LogP contribution >= 0.6 is 23.2 Å². The lowest BCUT2D eigenvalue weighted by atomic mass is 10.1. The van der Waals surface area contributed by atoms with Gasteiger partial charge < -0.3 is 14.8 Å². The number of halogens is 2. The minimum Gasteiger partial charge on any atom is -0.346 e. The number of nitro groups is 1. The highest BCUT2D eigenvalue weighted by Crippen LogP contribution is 2.32. The molecule has 1 aromatic heterocycles. The predicted molar refractivity (Wildman–Crippen MR) is 103 cm³/mol. The van der Waals surface area contributed by atoms with Crippen LogP contribution in [0.2, 0.25) is 10.0 Å². The van der Waals surface area contributed by atoms with Crippen molar-refractivity contribution in [3.05, 3.63) is 66.4 Å². The summed E-state index contributed by atoms with van der Waals surface area (Å²) in [4.78, 5) is 30.2. The molecule has 2 N–H and O–H groups in total. The standard InChI is InChI=1S/C17H12Cl2N4O5/c18-12-2-1-8(5-13(12)19)20-17-21-14-10(15(24)22-17)6-9(23(25)26)7-11(14)16-27-3-4-28-16/h1-2,5-7,16H,3-4H2,(H2,20,21,22,24). The third-order valence-electron chi connectivity index (χ3n) is 4.09. The molecular weight excluding hydrogens is 411 g/mol. The highest BCUT2D eigenvalue weighted by atomic mass is 35.5. The van der Waals surface area contributed by atoms with Crippen molar-refractivity contribution < 1.29 is 14.4 Å². The first kappa shape index (κ1) is 18.6. The zero-order valence-corrected chi connectivity index (χ0v) is 15.6. The first-order valence-corrected chi connectivity index (χ1v) is 8.85. The number of non-ortho nitro benzene ring substituents is 1. The van der Waals surface area contributed by atoms with Crippen molar-refractivity contribution in [3.8, 4) is 0 Å². The Kier molecular flexibility index (Phi) is 4.90. The number of nitrogens with one attached hydrogen (secondary N) is 2. The van der Waals surface area contributed by atoms with Gasteiger partial charge in [-0.3, -0.25) is 19.9 Å². The van der Waals surface area contributed by atoms with Crippen molar-refractivity contribution >= 4 is 51.4 Å². The van der Waals surface area contributed by atoms with E-state index in [1.165, 1.54) is 12.1 Å². The topological polar surface area (TPSA) is 119 Å². The second kappa shape index (κ2) is 7.36. The molecule has 1 fully saturated rings. The van der Waals surface area contributed by atoms with Gasteiger partial charge in [0, 0.05) is 23.4 Å². The number of nitrogens with zero attached hydrogens (tertiary/aromatic N) is 2. The van der Waals surface area contributed by atoms with Gasteiger partial charge in [0.1, 0.15) is 0 Å². The molecule has 0 unspecified atom stereocenters. The van der Waals surface area contributed by atoms with E-state index in [2.05, 4.69) is 15.3 Å². The molecule has 0 aliphatic carbocycles. The maximum atomic E-state index is 12.6. The van der Waals surface area contributed by atoms with E-state index in [0.29, 0.717) is 34.5 Å². The van der Waals surface area contributed by atoms with Crippen LogP contribution in [0.3, 0.4) is 0 Å². The number of hydrogen-bond donors (Lipinski definition) is 2. The molecule has 1 aliphatic heterocycles. The normalized spacial score (nSPS) is 14.5. The summed E-state index contributed by atoms with van der Waals surface area (Å²) in [5.41, 5.74) is 0.303. The fourth-order valence-corrected chi connectivity index (χ4v) is 3.14. The Bertz CT molecular complexity index is 1140. The summed E-state index contributed by atoms with van der Waals surface area (Å²) in [6.07, 6.45) is -0.838. The van der Waals surface area contributed by atoms with Gasteiger partial charge in [-0.05, 0) is 18.2 Å². The third-order valence-corrected chi connectivity index (χ3v) is 4.83. The summed E-state index contributed by atoms with van der Waals surface area (Å²) in [5.74, 6) is 0.129. The van der Waals surface area contributed by atoms with Crippen LogP contribution in [0.25, 0.3) is 10.9 Å². The average Bonchev–Trinajstić information content (AvgIpc) is 3.18. The highest BCUT2D eigenvalue weighted by molar-refractivity contribution is 6.42. The van der Waals surface area contributed by atoms with Gasteiger partial charge in [0.05, 0.1) is 39.1 Å². The molecule has 0 atom stereocenters. The quantitative estimate of drug-likeness (QED) is 0.482. The number of nitro benzene ring substituents is 1. The van der Waals surface area contributed by atoms with Gasteiger partial charge in [-0.2, -0.15) is 0 Å². The van der Waals surface area contributed by atoms with Gasteiger partial charge in [0.15, 0.2) is 6.29 Å². The van der Waals surface area contributed by atoms with Gasteiger partial charge in [-0.15, -0.1) is 0 Å². The predicted octanol–water partition coefficient (Wildman–Crippen LogP) is 3.93. The summed E-state index contributed by atoms with van der Waals surface area (Å²) >= 11 is 11.9. The smallest absolute Gasteiger partial charge is 0.270 e. The van der Waals surface area contributed by atoms with E-state index < -0.39 is 16.8 Å². The van der Waals surface area contributed by atoms with E-state index in [4.69, 9.17) is 32.7 Å². The Morgan fingerprint density at radius 1 is 1.18 bits per heavy atom. The molecule has 0 saturated carbocycles. The second-order valence-electron chi connectivity index (χ2n) is 5.93. The third kappa shape index (κ3) is 3.52. The molecule has 0 radical (unpaired) electrons. The summed E-state index contributed by atoms with van der Waals surface area (Å²) in [5, 5.41) is 15.0. The van der Waals surface area contributed by atoms with Crippen molar-refractivity contribution in [1.29, 1.82) is 0 Å². The number of rotatable bonds is 4. The van der Waals surface area contributed by atoms with Crippen molar-refractivity contribution in [2.75, 3.05) is 18.5 Å². The molecule has 2 aromatic carbocycles. The molecule has 28 heavy (non-hydrogen) atoms. The fourth-order valence-electron chi connectivity index (χ4n) is 2.85. The number of aromatic nitrogens is 2. The van der Waals surface area contributed by atoms with Gasteiger partial charge in [-0.1, -0.05) is 23.2 Å². The summed E-state index contributed by atoms with van der Waals surface area (Å²) < 4.78 is 10.9. The number of fused-ring (bicyclic) bond motifs is 1. The van der Waals surface area contributed by atoms with Crippen LogP contribution in [0.15, 0.2) is 35.1 Å². The zero-order chi connectivity index (χ0) is 19.8. The number of anilines is 2. The Balaban J connectivity index is 1.85. The maximum absolute atomic E-state index is 12.6. The Hall–Kier alpha value is -2.72. The highest BCUT2D eigenvalue weighted by Gasteiger charge is 2.26. The lowest BCUT2D eigenvalue weighted by Crippen LogP contribution is -2.14. The zero-order valence-electron chi connectivity index (χ0n) is 14.1. The summed E-state index contributed by atoms with van der Waals surface area (Å²) in [7, 11) is 0. The first-order chi connectivity index (χ1) is 13.4. The van der Waals surface area contributed by atoms with Gasteiger partial charge >= 0.3 is 0 Å². The van der Waals surface area contributed by atoms with E-state index in [1.54, 1.807) is 18.2 Å². The second-order valence-corrected chi connectivity index (χ2v) is 6.74. The SMILES string of the molecule is O=c1[nH]c(Nc2ccc(Cl)c(Cl)c2)nc2c(C3OCCO3)cc([N+](=O)[O-])cc12. The van der Waals surface area contributed by atoms with Crippen molar-refractivity contribution in [1.82, 2.24) is 9.97 Å². The molecule has 4 rings (SSSR count). The molecule has 11 heteroatoms. The van der Waals surface area contributed by atoms with Crippen molar-refractivity contribution in [2.45, 2.75) is 6.29 Å². The van der Waals surface area contributed by atoms with Crippen LogP contribution in [0.4, 0.5) is 17.3 Å². The summed E-state index contributed by atoms with van der Waals surface area (Å²) in [6.45, 7) is 0.679. The number of benzene rings is 2. The largest absolute Gasteiger partial charge is 0.346 e. The number of H-pyrrole nitrogens is 1. The fraction of sp³-hybridized carbons (Fsp3) is 0.176. The monoisotopic (exact) mass is 422 g/mol. The van der Waals surface area contributed by atoms with E-state index in [9.17, 15) is 14.9 Å². The Labute approximate surface area is 167 Å². The molecule has 144 valence electrons. The van der Waals surface area contributed by atoms with E-state index >= 15 is 0 Å². The minimum absolute atomic E-state index is 0.0583. The van der Waals surface area contributed by atoms with E-state index in [1.807, 2.05) is 0 Å². The number of hydrogen-bond acceptors (Lipinski definition) is 7. The lowest BCUT2D eigenvalue weighted by molar-refractivity contribution is -0.384. The molecule has 0 spiro atoms. The number of aromatic amines is 1.